The molecular formula is C10H11IN2O2. The van der Waals surface area contributed by atoms with E-state index in [1.165, 1.54) is 0 Å². The molecule has 0 saturated heterocycles. The Kier molecular flexibility index (Phi) is 3.08. The zero-order chi connectivity index (χ0) is 10.8. The largest absolute Gasteiger partial charge is 0.490 e. The second-order valence-electron chi connectivity index (χ2n) is 3.41. The Balaban J connectivity index is 2.22. The Morgan fingerprint density at radius 3 is 2.93 bits per heavy atom. The second-order valence-corrected chi connectivity index (χ2v) is 4.51. The number of hydrogen-bond donors (Lipinski definition) is 1. The molecule has 1 aliphatic rings. The molecule has 1 aliphatic carbocycles. The zero-order valence-corrected chi connectivity index (χ0v) is 10.4. The minimum Gasteiger partial charge on any atom is -0.490 e. The molecule has 1 saturated carbocycles. The van der Waals surface area contributed by atoms with Crippen molar-refractivity contribution in [2.75, 3.05) is 7.05 Å². The topological polar surface area (TPSA) is 51.2 Å². The van der Waals surface area contributed by atoms with Crippen molar-refractivity contribution in [3.8, 4) is 5.75 Å². The van der Waals surface area contributed by atoms with E-state index in [4.69, 9.17) is 4.74 Å². The van der Waals surface area contributed by atoms with Gasteiger partial charge in [0.1, 0.15) is 15.1 Å². The van der Waals surface area contributed by atoms with Crippen molar-refractivity contribution in [1.29, 1.82) is 0 Å². The standard InChI is InChI=1S/C10H11IN2O2/c1-12-10(14)8-4-7(5-9(11)13-8)15-6-2-3-6/h4-6H,2-3H2,1H3,(H,12,14). The fraction of sp³-hybridized carbons (Fsp3) is 0.400. The smallest absolute Gasteiger partial charge is 0.269 e. The fourth-order valence-corrected chi connectivity index (χ4v) is 1.73. The van der Waals surface area contributed by atoms with Gasteiger partial charge in [0.15, 0.2) is 0 Å². The van der Waals surface area contributed by atoms with E-state index in [9.17, 15) is 4.79 Å². The summed E-state index contributed by atoms with van der Waals surface area (Å²) < 4.78 is 6.38. The lowest BCUT2D eigenvalue weighted by molar-refractivity contribution is 0.0957. The van der Waals surface area contributed by atoms with Gasteiger partial charge in [0, 0.05) is 19.2 Å². The lowest BCUT2D eigenvalue weighted by atomic mass is 10.3. The van der Waals surface area contributed by atoms with Crippen LogP contribution in [-0.4, -0.2) is 24.0 Å². The van der Waals surface area contributed by atoms with Crippen molar-refractivity contribution >= 4 is 28.5 Å². The van der Waals surface area contributed by atoms with Gasteiger partial charge in [-0.25, -0.2) is 4.98 Å². The third-order valence-electron chi connectivity index (χ3n) is 2.05. The summed E-state index contributed by atoms with van der Waals surface area (Å²) in [6, 6.07) is 3.52. The molecule has 0 aromatic carbocycles. The molecule has 2 rings (SSSR count). The van der Waals surface area contributed by atoms with Gasteiger partial charge in [-0.1, -0.05) is 0 Å². The molecule has 0 atom stereocenters. The lowest BCUT2D eigenvalue weighted by Gasteiger charge is -2.06. The van der Waals surface area contributed by atoms with Gasteiger partial charge in [0.25, 0.3) is 5.91 Å². The zero-order valence-electron chi connectivity index (χ0n) is 8.29. The van der Waals surface area contributed by atoms with Crippen LogP contribution in [0.5, 0.6) is 5.75 Å². The molecule has 15 heavy (non-hydrogen) atoms. The average molecular weight is 318 g/mol. The number of aromatic nitrogens is 1. The average Bonchev–Trinajstić information content (AvgIpc) is 2.99. The van der Waals surface area contributed by atoms with Gasteiger partial charge < -0.3 is 10.1 Å². The quantitative estimate of drug-likeness (QED) is 0.680. The molecule has 4 nitrogen and oxygen atoms in total. The maximum Gasteiger partial charge on any atom is 0.269 e. The van der Waals surface area contributed by atoms with E-state index in [0.717, 1.165) is 22.3 Å². The van der Waals surface area contributed by atoms with Crippen molar-refractivity contribution in [2.45, 2.75) is 18.9 Å². The Bertz CT molecular complexity index is 391. The molecule has 5 heteroatoms. The molecule has 1 aromatic heterocycles. The van der Waals surface area contributed by atoms with Crippen LogP contribution in [0.15, 0.2) is 12.1 Å². The number of nitrogens with zero attached hydrogens (tertiary/aromatic N) is 1. The van der Waals surface area contributed by atoms with Gasteiger partial charge in [0.2, 0.25) is 0 Å². The van der Waals surface area contributed by atoms with Gasteiger partial charge >= 0.3 is 0 Å². The van der Waals surface area contributed by atoms with E-state index in [1.807, 2.05) is 6.07 Å². The summed E-state index contributed by atoms with van der Waals surface area (Å²) >= 11 is 2.08. The van der Waals surface area contributed by atoms with Crippen LogP contribution >= 0.6 is 22.6 Å². The van der Waals surface area contributed by atoms with Crippen molar-refractivity contribution in [2.24, 2.45) is 0 Å². The summed E-state index contributed by atoms with van der Waals surface area (Å²) in [5, 5.41) is 2.54. The van der Waals surface area contributed by atoms with E-state index >= 15 is 0 Å². The number of rotatable bonds is 3. The van der Waals surface area contributed by atoms with Crippen LogP contribution in [0.1, 0.15) is 23.3 Å². The Labute approximate surface area is 102 Å². The van der Waals surface area contributed by atoms with Gasteiger partial charge in [-0.05, 0) is 35.4 Å². The summed E-state index contributed by atoms with van der Waals surface area (Å²) in [4.78, 5) is 15.5. The molecule has 1 aromatic rings. The van der Waals surface area contributed by atoms with E-state index in [0.29, 0.717) is 11.8 Å². The lowest BCUT2D eigenvalue weighted by Crippen LogP contribution is -2.19. The molecule has 0 unspecified atom stereocenters. The van der Waals surface area contributed by atoms with E-state index in [-0.39, 0.29) is 5.91 Å². The van der Waals surface area contributed by atoms with Crippen LogP contribution in [0.4, 0.5) is 0 Å². The molecule has 0 radical (unpaired) electrons. The first-order chi connectivity index (χ1) is 7.19. The summed E-state index contributed by atoms with van der Waals surface area (Å²) in [6.45, 7) is 0. The maximum absolute atomic E-state index is 11.4. The normalized spacial score (nSPS) is 14.8. The Morgan fingerprint density at radius 1 is 1.60 bits per heavy atom. The molecule has 1 amide bonds. The number of pyridine rings is 1. The highest BCUT2D eigenvalue weighted by Crippen LogP contribution is 2.27. The summed E-state index contributed by atoms with van der Waals surface area (Å²) in [5.41, 5.74) is 0.403. The minimum atomic E-state index is -0.186. The van der Waals surface area contributed by atoms with Crippen LogP contribution in [0.25, 0.3) is 0 Å². The predicted octanol–water partition coefficient (Wildman–Crippen LogP) is 1.59. The molecule has 0 aliphatic heterocycles. The number of nitrogens with one attached hydrogen (secondary N) is 1. The number of ether oxygens (including phenoxy) is 1. The van der Waals surface area contributed by atoms with Gasteiger partial charge in [-0.3, -0.25) is 4.79 Å². The third-order valence-corrected chi connectivity index (χ3v) is 2.61. The molecule has 0 bridgehead atoms. The molecule has 1 heterocycles. The second kappa shape index (κ2) is 4.34. The number of carbonyl (C=O) groups is 1. The molecule has 0 spiro atoms. The van der Waals surface area contributed by atoms with Crippen molar-refractivity contribution in [1.82, 2.24) is 10.3 Å². The van der Waals surface area contributed by atoms with Crippen LogP contribution in [0, 0.1) is 3.70 Å². The highest BCUT2D eigenvalue weighted by Gasteiger charge is 2.24. The van der Waals surface area contributed by atoms with Gasteiger partial charge in [0.05, 0.1) is 6.10 Å². The first-order valence-electron chi connectivity index (χ1n) is 4.75. The van der Waals surface area contributed by atoms with Crippen LogP contribution in [0.3, 0.4) is 0 Å². The van der Waals surface area contributed by atoms with Crippen LogP contribution in [0.2, 0.25) is 0 Å². The molecular weight excluding hydrogens is 307 g/mol. The number of halogens is 1. The highest BCUT2D eigenvalue weighted by atomic mass is 127. The molecule has 1 N–H and O–H groups in total. The van der Waals surface area contributed by atoms with E-state index in [2.05, 4.69) is 32.9 Å². The number of carbonyl (C=O) groups excluding carboxylic acids is 1. The fourth-order valence-electron chi connectivity index (χ4n) is 1.16. The van der Waals surface area contributed by atoms with Crippen molar-refractivity contribution in [3.05, 3.63) is 21.5 Å². The van der Waals surface area contributed by atoms with Gasteiger partial charge in [-0.15, -0.1) is 0 Å². The Morgan fingerprint density at radius 2 is 2.33 bits per heavy atom. The summed E-state index contributed by atoms with van der Waals surface area (Å²) in [7, 11) is 1.59. The summed E-state index contributed by atoms with van der Waals surface area (Å²) in [6.07, 6.45) is 2.54. The molecule has 1 fully saturated rings. The van der Waals surface area contributed by atoms with Crippen LogP contribution in [-0.2, 0) is 0 Å². The highest BCUT2D eigenvalue weighted by molar-refractivity contribution is 14.1. The monoisotopic (exact) mass is 318 g/mol. The summed E-state index contributed by atoms with van der Waals surface area (Å²) in [5.74, 6) is 0.546. The number of hydrogen-bond acceptors (Lipinski definition) is 3. The Hall–Kier alpha value is -0.850. The molecule has 80 valence electrons. The number of amides is 1. The van der Waals surface area contributed by atoms with Crippen molar-refractivity contribution < 1.29 is 9.53 Å². The first kappa shape index (κ1) is 10.7. The first-order valence-corrected chi connectivity index (χ1v) is 5.83. The maximum atomic E-state index is 11.4. The SMILES string of the molecule is CNC(=O)c1cc(OC2CC2)cc(I)n1. The minimum absolute atomic E-state index is 0.186. The third kappa shape index (κ3) is 2.80. The predicted molar refractivity (Wildman–Crippen MR) is 64.0 cm³/mol. The van der Waals surface area contributed by atoms with E-state index < -0.39 is 0 Å². The van der Waals surface area contributed by atoms with Crippen molar-refractivity contribution in [3.63, 3.8) is 0 Å². The van der Waals surface area contributed by atoms with Gasteiger partial charge in [-0.2, -0.15) is 0 Å². The van der Waals surface area contributed by atoms with Crippen LogP contribution < -0.4 is 10.1 Å². The van der Waals surface area contributed by atoms with E-state index in [1.54, 1.807) is 13.1 Å².